The fourth-order valence-corrected chi connectivity index (χ4v) is 3.99. The van der Waals surface area contributed by atoms with Crippen molar-refractivity contribution >= 4 is 29.2 Å². The Morgan fingerprint density at radius 3 is 2.74 bits per heavy atom. The molecule has 4 rings (SSSR count). The Hall–Kier alpha value is -3.22. The fraction of sp³-hybridized carbons (Fsp3) is 0.318. The molecule has 1 aliphatic rings. The first-order chi connectivity index (χ1) is 15.1. The standard InChI is InChI=1S/C22H23N5O3S/c1-15(20(28)24-16-5-3-6-17(13-16)31-2)26-8-10-27(11-9-26)22-18(14-23)25-21(30-22)19-7-4-12-29-19/h3-7,12-13,15H,8-11H2,1-2H3,(H,24,28). The van der Waals surface area contributed by atoms with Gasteiger partial charge in [-0.15, -0.1) is 11.8 Å². The second-order valence-electron chi connectivity index (χ2n) is 7.18. The average molecular weight is 438 g/mol. The SMILES string of the molecule is CSc1cccc(NC(=O)C(C)N2CCN(c3oc(-c4ccco4)nc3C#N)CC2)c1. The van der Waals surface area contributed by atoms with E-state index in [1.165, 1.54) is 6.26 Å². The van der Waals surface area contributed by atoms with Crippen LogP contribution in [0.5, 0.6) is 0 Å². The molecule has 0 radical (unpaired) electrons. The van der Waals surface area contributed by atoms with Crippen LogP contribution in [-0.4, -0.2) is 54.3 Å². The van der Waals surface area contributed by atoms with Crippen molar-refractivity contribution in [2.24, 2.45) is 0 Å². The maximum Gasteiger partial charge on any atom is 0.266 e. The molecule has 31 heavy (non-hydrogen) atoms. The Morgan fingerprint density at radius 2 is 2.06 bits per heavy atom. The smallest absolute Gasteiger partial charge is 0.266 e. The van der Waals surface area contributed by atoms with Gasteiger partial charge in [0.2, 0.25) is 17.5 Å². The number of amides is 1. The molecule has 0 spiro atoms. The van der Waals surface area contributed by atoms with Crippen LogP contribution in [0.15, 0.2) is 56.4 Å². The highest BCUT2D eigenvalue weighted by Gasteiger charge is 2.29. The fourth-order valence-electron chi connectivity index (χ4n) is 3.53. The number of piperazine rings is 1. The van der Waals surface area contributed by atoms with Crippen LogP contribution in [0.1, 0.15) is 12.6 Å². The van der Waals surface area contributed by atoms with E-state index in [4.69, 9.17) is 8.83 Å². The van der Waals surface area contributed by atoms with E-state index < -0.39 is 0 Å². The number of anilines is 2. The number of aromatic nitrogens is 1. The second-order valence-corrected chi connectivity index (χ2v) is 8.06. The zero-order valence-electron chi connectivity index (χ0n) is 17.4. The molecule has 1 N–H and O–H groups in total. The normalized spacial score (nSPS) is 15.5. The molecular weight excluding hydrogens is 414 g/mol. The van der Waals surface area contributed by atoms with Crippen molar-refractivity contribution in [3.05, 3.63) is 48.4 Å². The lowest BCUT2D eigenvalue weighted by Crippen LogP contribution is -2.52. The molecule has 2 aromatic heterocycles. The van der Waals surface area contributed by atoms with Gasteiger partial charge in [0.15, 0.2) is 5.76 Å². The number of carbonyl (C=O) groups is 1. The Kier molecular flexibility index (Phi) is 6.30. The Bertz CT molecular complexity index is 1080. The molecule has 3 heterocycles. The van der Waals surface area contributed by atoms with Gasteiger partial charge < -0.3 is 19.1 Å². The lowest BCUT2D eigenvalue weighted by molar-refractivity contribution is -0.120. The highest BCUT2D eigenvalue weighted by molar-refractivity contribution is 7.98. The molecule has 1 atom stereocenters. The number of rotatable bonds is 6. The number of hydrogen-bond acceptors (Lipinski definition) is 8. The van der Waals surface area contributed by atoms with Crippen LogP contribution in [0.4, 0.5) is 11.6 Å². The van der Waals surface area contributed by atoms with Gasteiger partial charge in [-0.2, -0.15) is 10.2 Å². The van der Waals surface area contributed by atoms with E-state index in [0.29, 0.717) is 43.7 Å². The highest BCUT2D eigenvalue weighted by Crippen LogP contribution is 2.29. The van der Waals surface area contributed by atoms with Gasteiger partial charge in [-0.3, -0.25) is 9.69 Å². The van der Waals surface area contributed by atoms with E-state index in [0.717, 1.165) is 10.6 Å². The summed E-state index contributed by atoms with van der Waals surface area (Å²) in [7, 11) is 0. The van der Waals surface area contributed by atoms with Gasteiger partial charge in [0.05, 0.1) is 12.3 Å². The molecule has 1 unspecified atom stereocenters. The van der Waals surface area contributed by atoms with Gasteiger partial charge in [0.25, 0.3) is 5.89 Å². The van der Waals surface area contributed by atoms with Crippen LogP contribution in [0, 0.1) is 11.3 Å². The van der Waals surface area contributed by atoms with Gasteiger partial charge in [-0.05, 0) is 43.5 Å². The number of nitriles is 1. The van der Waals surface area contributed by atoms with Crippen molar-refractivity contribution in [1.82, 2.24) is 9.88 Å². The molecular formula is C22H23N5O3S. The largest absolute Gasteiger partial charge is 0.459 e. The van der Waals surface area contributed by atoms with Gasteiger partial charge >= 0.3 is 0 Å². The summed E-state index contributed by atoms with van der Waals surface area (Å²) in [5.41, 5.74) is 1.03. The van der Waals surface area contributed by atoms with Gasteiger partial charge in [-0.1, -0.05) is 6.07 Å². The van der Waals surface area contributed by atoms with E-state index >= 15 is 0 Å². The number of hydrogen-bond donors (Lipinski definition) is 1. The molecule has 1 aliphatic heterocycles. The molecule has 8 nitrogen and oxygen atoms in total. The first-order valence-corrected chi connectivity index (χ1v) is 11.2. The first-order valence-electron chi connectivity index (χ1n) is 9.97. The van der Waals surface area contributed by atoms with Crippen molar-refractivity contribution in [2.45, 2.75) is 17.9 Å². The third-order valence-electron chi connectivity index (χ3n) is 5.31. The predicted octanol–water partition coefficient (Wildman–Crippen LogP) is 3.68. The number of benzene rings is 1. The average Bonchev–Trinajstić information content (AvgIpc) is 3.48. The van der Waals surface area contributed by atoms with Crippen molar-refractivity contribution in [2.75, 3.05) is 42.7 Å². The minimum atomic E-state index is -0.274. The molecule has 3 aromatic rings. The lowest BCUT2D eigenvalue weighted by Gasteiger charge is -2.37. The summed E-state index contributed by atoms with van der Waals surface area (Å²) in [6.07, 6.45) is 3.54. The quantitative estimate of drug-likeness (QED) is 0.583. The number of carbonyl (C=O) groups excluding carboxylic acids is 1. The molecule has 1 amide bonds. The Morgan fingerprint density at radius 1 is 1.26 bits per heavy atom. The molecule has 160 valence electrons. The van der Waals surface area contributed by atoms with Gasteiger partial charge in [0, 0.05) is 36.8 Å². The molecule has 0 bridgehead atoms. The first kappa shape index (κ1) is 21.0. The Labute approximate surface area is 184 Å². The van der Waals surface area contributed by atoms with E-state index in [-0.39, 0.29) is 17.6 Å². The molecule has 1 saturated heterocycles. The van der Waals surface area contributed by atoms with E-state index in [1.54, 1.807) is 23.9 Å². The third-order valence-corrected chi connectivity index (χ3v) is 6.04. The number of nitrogens with zero attached hydrogens (tertiary/aromatic N) is 4. The van der Waals surface area contributed by atoms with Crippen LogP contribution >= 0.6 is 11.8 Å². The van der Waals surface area contributed by atoms with Crippen LogP contribution < -0.4 is 10.2 Å². The topological polar surface area (TPSA) is 98.5 Å². The summed E-state index contributed by atoms with van der Waals surface area (Å²) in [5, 5.41) is 12.5. The lowest BCUT2D eigenvalue weighted by atomic mass is 10.2. The number of nitrogens with one attached hydrogen (secondary N) is 1. The summed E-state index contributed by atoms with van der Waals surface area (Å²) in [5.74, 6) is 1.18. The number of oxazole rings is 1. The van der Waals surface area contributed by atoms with E-state index in [9.17, 15) is 10.1 Å². The van der Waals surface area contributed by atoms with E-state index in [2.05, 4.69) is 21.3 Å². The van der Waals surface area contributed by atoms with Crippen LogP contribution in [-0.2, 0) is 4.79 Å². The minimum absolute atomic E-state index is 0.0378. The zero-order chi connectivity index (χ0) is 21.8. The monoisotopic (exact) mass is 437 g/mol. The maximum absolute atomic E-state index is 12.7. The molecule has 0 aliphatic carbocycles. The van der Waals surface area contributed by atoms with Crippen LogP contribution in [0.3, 0.4) is 0 Å². The van der Waals surface area contributed by atoms with E-state index in [1.807, 2.05) is 42.3 Å². The molecule has 1 fully saturated rings. The number of thioether (sulfide) groups is 1. The minimum Gasteiger partial charge on any atom is -0.459 e. The molecule has 0 saturated carbocycles. The van der Waals surface area contributed by atoms with Crippen molar-refractivity contribution < 1.29 is 13.6 Å². The second kappa shape index (κ2) is 9.29. The van der Waals surface area contributed by atoms with Crippen LogP contribution in [0.25, 0.3) is 11.7 Å². The van der Waals surface area contributed by atoms with Crippen molar-refractivity contribution in [1.29, 1.82) is 5.26 Å². The summed E-state index contributed by atoms with van der Waals surface area (Å²) in [6.45, 7) is 4.50. The predicted molar refractivity (Wildman–Crippen MR) is 119 cm³/mol. The maximum atomic E-state index is 12.7. The molecule has 9 heteroatoms. The third kappa shape index (κ3) is 4.60. The Balaban J connectivity index is 1.38. The highest BCUT2D eigenvalue weighted by atomic mass is 32.2. The van der Waals surface area contributed by atoms with Gasteiger partial charge in [0.1, 0.15) is 6.07 Å². The summed E-state index contributed by atoms with van der Waals surface area (Å²) < 4.78 is 11.2. The summed E-state index contributed by atoms with van der Waals surface area (Å²) >= 11 is 1.64. The zero-order valence-corrected chi connectivity index (χ0v) is 18.2. The van der Waals surface area contributed by atoms with Crippen molar-refractivity contribution in [3.63, 3.8) is 0 Å². The number of furan rings is 1. The van der Waals surface area contributed by atoms with Crippen LogP contribution in [0.2, 0.25) is 0 Å². The van der Waals surface area contributed by atoms with Crippen molar-refractivity contribution in [3.8, 4) is 17.7 Å². The summed E-state index contributed by atoms with van der Waals surface area (Å²) in [6, 6.07) is 13.1. The summed E-state index contributed by atoms with van der Waals surface area (Å²) in [4.78, 5) is 22.2. The molecule has 1 aromatic carbocycles. The van der Waals surface area contributed by atoms with Gasteiger partial charge in [-0.25, -0.2) is 0 Å².